The maximum atomic E-state index is 9.56. The standard InChI is InChI=1S/C12H15NO2/c14-11-7-6-10(12(11)15)13-8-9-4-2-1-3-5-9/h1-7,10-15H,8H2/t10-,11+,12-/m0/s1. The lowest BCUT2D eigenvalue weighted by atomic mass is 10.1. The van der Waals surface area contributed by atoms with Crippen molar-refractivity contribution >= 4 is 0 Å². The molecular formula is C12H15NO2. The van der Waals surface area contributed by atoms with E-state index in [0.717, 1.165) is 0 Å². The first-order valence-corrected chi connectivity index (χ1v) is 5.09. The molecule has 1 aromatic rings. The normalized spacial score (nSPS) is 29.6. The van der Waals surface area contributed by atoms with Gasteiger partial charge in [0.15, 0.2) is 0 Å². The molecule has 80 valence electrons. The van der Waals surface area contributed by atoms with Crippen LogP contribution in [0.2, 0.25) is 0 Å². The van der Waals surface area contributed by atoms with Gasteiger partial charge in [0, 0.05) is 6.54 Å². The molecule has 0 bridgehead atoms. The predicted octanol–water partition coefficient (Wildman–Crippen LogP) is 0.436. The van der Waals surface area contributed by atoms with E-state index in [-0.39, 0.29) is 6.04 Å². The minimum absolute atomic E-state index is 0.153. The van der Waals surface area contributed by atoms with Gasteiger partial charge in [-0.05, 0) is 5.56 Å². The van der Waals surface area contributed by atoms with Crippen LogP contribution >= 0.6 is 0 Å². The van der Waals surface area contributed by atoms with E-state index in [4.69, 9.17) is 0 Å². The molecule has 1 aliphatic rings. The highest BCUT2D eigenvalue weighted by Gasteiger charge is 2.27. The highest BCUT2D eigenvalue weighted by molar-refractivity contribution is 5.17. The molecule has 3 atom stereocenters. The second-order valence-corrected chi connectivity index (χ2v) is 3.76. The van der Waals surface area contributed by atoms with Crippen molar-refractivity contribution in [3.05, 3.63) is 48.0 Å². The maximum absolute atomic E-state index is 9.56. The Hall–Kier alpha value is -1.16. The van der Waals surface area contributed by atoms with Crippen molar-refractivity contribution in [1.29, 1.82) is 0 Å². The SMILES string of the molecule is O[C@@H]1[C@H](O)C=C[C@@H]1NCc1ccccc1. The van der Waals surface area contributed by atoms with Crippen molar-refractivity contribution in [2.75, 3.05) is 0 Å². The molecule has 0 aliphatic heterocycles. The molecule has 0 aromatic heterocycles. The van der Waals surface area contributed by atoms with Crippen LogP contribution in [0, 0.1) is 0 Å². The average Bonchev–Trinajstić information content (AvgIpc) is 2.59. The quantitative estimate of drug-likeness (QED) is 0.627. The summed E-state index contributed by atoms with van der Waals surface area (Å²) < 4.78 is 0. The van der Waals surface area contributed by atoms with E-state index in [1.807, 2.05) is 30.3 Å². The van der Waals surface area contributed by atoms with Gasteiger partial charge < -0.3 is 15.5 Å². The lowest BCUT2D eigenvalue weighted by molar-refractivity contribution is 0.0441. The van der Waals surface area contributed by atoms with Gasteiger partial charge in [0.05, 0.1) is 12.1 Å². The Kier molecular flexibility index (Phi) is 3.16. The van der Waals surface area contributed by atoms with Crippen LogP contribution in [-0.4, -0.2) is 28.5 Å². The van der Waals surface area contributed by atoms with Crippen LogP contribution in [0.25, 0.3) is 0 Å². The first-order valence-electron chi connectivity index (χ1n) is 5.09. The third kappa shape index (κ3) is 2.45. The molecule has 0 radical (unpaired) electrons. The molecule has 0 saturated carbocycles. The molecule has 2 rings (SSSR count). The fourth-order valence-corrected chi connectivity index (χ4v) is 1.69. The summed E-state index contributed by atoms with van der Waals surface area (Å²) in [5.41, 5.74) is 1.17. The smallest absolute Gasteiger partial charge is 0.102 e. The fourth-order valence-electron chi connectivity index (χ4n) is 1.69. The second kappa shape index (κ2) is 4.57. The topological polar surface area (TPSA) is 52.5 Å². The Morgan fingerprint density at radius 2 is 1.80 bits per heavy atom. The second-order valence-electron chi connectivity index (χ2n) is 3.76. The highest BCUT2D eigenvalue weighted by atomic mass is 16.3. The summed E-state index contributed by atoms with van der Waals surface area (Å²) >= 11 is 0. The first kappa shape index (κ1) is 10.4. The van der Waals surface area contributed by atoms with Gasteiger partial charge in [0.1, 0.15) is 6.10 Å². The van der Waals surface area contributed by atoms with Crippen LogP contribution in [0.4, 0.5) is 0 Å². The van der Waals surface area contributed by atoms with E-state index < -0.39 is 12.2 Å². The van der Waals surface area contributed by atoms with Crippen molar-refractivity contribution in [2.45, 2.75) is 24.8 Å². The lowest BCUT2D eigenvalue weighted by Crippen LogP contribution is -2.39. The van der Waals surface area contributed by atoms with Crippen LogP contribution in [0.1, 0.15) is 5.56 Å². The Balaban J connectivity index is 1.87. The molecule has 0 heterocycles. The molecule has 3 heteroatoms. The minimum atomic E-state index is -0.738. The van der Waals surface area contributed by atoms with Crippen LogP contribution < -0.4 is 5.32 Å². The number of nitrogens with one attached hydrogen (secondary N) is 1. The van der Waals surface area contributed by atoms with E-state index in [0.29, 0.717) is 6.54 Å². The highest BCUT2D eigenvalue weighted by Crippen LogP contribution is 2.12. The summed E-state index contributed by atoms with van der Waals surface area (Å²) in [6.45, 7) is 0.694. The van der Waals surface area contributed by atoms with Crippen molar-refractivity contribution in [3.63, 3.8) is 0 Å². The van der Waals surface area contributed by atoms with Crippen molar-refractivity contribution in [1.82, 2.24) is 5.32 Å². The van der Waals surface area contributed by atoms with E-state index in [9.17, 15) is 10.2 Å². The molecule has 0 spiro atoms. The van der Waals surface area contributed by atoms with Gasteiger partial charge in [-0.25, -0.2) is 0 Å². The molecule has 0 fully saturated rings. The van der Waals surface area contributed by atoms with Crippen LogP contribution in [-0.2, 0) is 6.54 Å². The molecule has 0 amide bonds. The van der Waals surface area contributed by atoms with Gasteiger partial charge in [-0.1, -0.05) is 42.5 Å². The molecule has 0 unspecified atom stereocenters. The Labute approximate surface area is 89.1 Å². The third-order valence-corrected chi connectivity index (χ3v) is 2.62. The molecule has 1 aliphatic carbocycles. The van der Waals surface area contributed by atoms with Crippen molar-refractivity contribution in [2.24, 2.45) is 0 Å². The average molecular weight is 205 g/mol. The maximum Gasteiger partial charge on any atom is 0.102 e. The molecule has 0 saturated heterocycles. The summed E-state index contributed by atoms with van der Waals surface area (Å²) in [6.07, 6.45) is 1.96. The van der Waals surface area contributed by atoms with Crippen LogP contribution in [0.5, 0.6) is 0 Å². The summed E-state index contributed by atoms with van der Waals surface area (Å²) in [4.78, 5) is 0. The zero-order valence-corrected chi connectivity index (χ0v) is 8.38. The molecule has 3 N–H and O–H groups in total. The zero-order valence-electron chi connectivity index (χ0n) is 8.38. The summed E-state index contributed by atoms with van der Waals surface area (Å²) in [7, 11) is 0. The predicted molar refractivity (Wildman–Crippen MR) is 58.2 cm³/mol. The van der Waals surface area contributed by atoms with Gasteiger partial charge in [-0.3, -0.25) is 0 Å². The molecule has 1 aromatic carbocycles. The van der Waals surface area contributed by atoms with E-state index in [2.05, 4.69) is 5.32 Å². The number of benzene rings is 1. The Bertz CT molecular complexity index is 337. The fraction of sp³-hybridized carbons (Fsp3) is 0.333. The number of hydrogen-bond acceptors (Lipinski definition) is 3. The van der Waals surface area contributed by atoms with Crippen molar-refractivity contribution in [3.8, 4) is 0 Å². The molecule has 3 nitrogen and oxygen atoms in total. The van der Waals surface area contributed by atoms with Crippen LogP contribution in [0.15, 0.2) is 42.5 Å². The number of aliphatic hydroxyl groups excluding tert-OH is 2. The van der Waals surface area contributed by atoms with E-state index >= 15 is 0 Å². The largest absolute Gasteiger partial charge is 0.388 e. The minimum Gasteiger partial charge on any atom is -0.388 e. The van der Waals surface area contributed by atoms with Gasteiger partial charge >= 0.3 is 0 Å². The van der Waals surface area contributed by atoms with Gasteiger partial charge in [-0.15, -0.1) is 0 Å². The first-order chi connectivity index (χ1) is 7.27. The number of hydrogen-bond donors (Lipinski definition) is 3. The monoisotopic (exact) mass is 205 g/mol. The Morgan fingerprint density at radius 3 is 2.40 bits per heavy atom. The Morgan fingerprint density at radius 1 is 1.07 bits per heavy atom. The summed E-state index contributed by atoms with van der Waals surface area (Å²) in [6, 6.07) is 9.82. The number of aliphatic hydroxyl groups is 2. The van der Waals surface area contributed by atoms with Crippen LogP contribution in [0.3, 0.4) is 0 Å². The van der Waals surface area contributed by atoms with Gasteiger partial charge in [-0.2, -0.15) is 0 Å². The third-order valence-electron chi connectivity index (χ3n) is 2.62. The zero-order chi connectivity index (χ0) is 10.7. The molecule has 15 heavy (non-hydrogen) atoms. The van der Waals surface area contributed by atoms with Gasteiger partial charge in [0.2, 0.25) is 0 Å². The van der Waals surface area contributed by atoms with Gasteiger partial charge in [0.25, 0.3) is 0 Å². The number of rotatable bonds is 3. The van der Waals surface area contributed by atoms with E-state index in [1.54, 1.807) is 12.2 Å². The van der Waals surface area contributed by atoms with Crippen molar-refractivity contribution < 1.29 is 10.2 Å². The van der Waals surface area contributed by atoms with E-state index in [1.165, 1.54) is 5.56 Å². The summed E-state index contributed by atoms with van der Waals surface area (Å²) in [5, 5.41) is 22.0. The molecular weight excluding hydrogens is 190 g/mol. The lowest BCUT2D eigenvalue weighted by Gasteiger charge is -2.17. The summed E-state index contributed by atoms with van der Waals surface area (Å²) in [5.74, 6) is 0.